The fourth-order valence-corrected chi connectivity index (χ4v) is 3.87. The van der Waals surface area contributed by atoms with E-state index in [4.69, 9.17) is 10.5 Å². The number of carbonyl (C=O) groups is 1. The summed E-state index contributed by atoms with van der Waals surface area (Å²) >= 11 is 0. The van der Waals surface area contributed by atoms with Gasteiger partial charge in [0.1, 0.15) is 5.75 Å². The monoisotopic (exact) mass is 421 g/mol. The van der Waals surface area contributed by atoms with Gasteiger partial charge < -0.3 is 15.8 Å². The molecule has 0 aliphatic heterocycles. The van der Waals surface area contributed by atoms with Gasteiger partial charge in [0.15, 0.2) is 9.84 Å². The summed E-state index contributed by atoms with van der Waals surface area (Å²) in [6.07, 6.45) is 2.52. The molecule has 7 nitrogen and oxygen atoms in total. The van der Waals surface area contributed by atoms with Crippen LogP contribution in [0.2, 0.25) is 0 Å². The van der Waals surface area contributed by atoms with Crippen molar-refractivity contribution in [2.45, 2.75) is 11.8 Å². The van der Waals surface area contributed by atoms with Crippen LogP contribution in [0.5, 0.6) is 5.75 Å². The molecule has 0 saturated carbocycles. The van der Waals surface area contributed by atoms with Crippen LogP contribution in [-0.2, 0) is 9.84 Å². The van der Waals surface area contributed by atoms with Crippen molar-refractivity contribution >= 4 is 50.4 Å². The lowest BCUT2D eigenvalue weighted by molar-refractivity contribution is 0.100. The molecule has 3 N–H and O–H groups in total. The van der Waals surface area contributed by atoms with Crippen LogP contribution in [0.1, 0.15) is 15.9 Å². The number of ether oxygens (including phenoxy) is 1. The number of nitrogens with one attached hydrogen (secondary N) is 1. The number of methoxy groups -OCH3 is 1. The second-order valence-electron chi connectivity index (χ2n) is 6.18. The van der Waals surface area contributed by atoms with Gasteiger partial charge >= 0.3 is 0 Å². The van der Waals surface area contributed by atoms with Gasteiger partial charge in [-0.1, -0.05) is 6.07 Å². The number of nitrogens with zero attached hydrogens (tertiary/aromatic N) is 1. The van der Waals surface area contributed by atoms with Gasteiger partial charge in [-0.2, -0.15) is 0 Å². The van der Waals surface area contributed by atoms with Crippen LogP contribution >= 0.6 is 12.4 Å². The lowest BCUT2D eigenvalue weighted by Gasteiger charge is -2.15. The Hall–Kier alpha value is -2.84. The van der Waals surface area contributed by atoms with E-state index in [1.54, 1.807) is 44.4 Å². The second-order valence-corrected chi connectivity index (χ2v) is 8.16. The van der Waals surface area contributed by atoms with E-state index in [9.17, 15) is 13.2 Å². The van der Waals surface area contributed by atoms with Crippen molar-refractivity contribution in [1.29, 1.82) is 0 Å². The van der Waals surface area contributed by atoms with E-state index < -0.39 is 15.7 Å². The highest BCUT2D eigenvalue weighted by Crippen LogP contribution is 2.33. The SMILES string of the molecule is COc1cccc(Nc2c(C(N)=O)cnc3cc(C)c(S(C)(=O)=O)cc23)c1.Cl. The van der Waals surface area contributed by atoms with Gasteiger partial charge in [-0.3, -0.25) is 9.78 Å². The normalized spacial score (nSPS) is 11.0. The van der Waals surface area contributed by atoms with Gasteiger partial charge in [0.2, 0.25) is 0 Å². The van der Waals surface area contributed by atoms with E-state index >= 15 is 0 Å². The van der Waals surface area contributed by atoms with Gasteiger partial charge in [0.05, 0.1) is 28.8 Å². The highest BCUT2D eigenvalue weighted by Gasteiger charge is 2.18. The van der Waals surface area contributed by atoms with Crippen molar-refractivity contribution in [1.82, 2.24) is 4.98 Å². The number of anilines is 2. The number of aromatic nitrogens is 1. The number of sulfone groups is 1. The molecule has 3 aromatic rings. The molecule has 1 heterocycles. The number of benzene rings is 2. The molecule has 0 radical (unpaired) electrons. The predicted octanol–water partition coefficient (Wildman–Crippen LogP) is 3.22. The Bertz CT molecular complexity index is 1160. The average molecular weight is 422 g/mol. The second kappa shape index (κ2) is 8.04. The zero-order valence-corrected chi connectivity index (χ0v) is 17.1. The summed E-state index contributed by atoms with van der Waals surface area (Å²) in [7, 11) is -1.90. The molecule has 9 heteroatoms. The number of hydrogen-bond donors (Lipinski definition) is 2. The molecule has 1 aromatic heterocycles. The van der Waals surface area contributed by atoms with Crippen LogP contribution in [0.15, 0.2) is 47.5 Å². The zero-order valence-electron chi connectivity index (χ0n) is 15.5. The maximum Gasteiger partial charge on any atom is 0.252 e. The fraction of sp³-hybridized carbons (Fsp3) is 0.158. The van der Waals surface area contributed by atoms with E-state index in [0.717, 1.165) is 6.26 Å². The molecule has 0 aliphatic carbocycles. The van der Waals surface area contributed by atoms with Crippen LogP contribution < -0.4 is 15.8 Å². The van der Waals surface area contributed by atoms with Crippen molar-refractivity contribution in [3.05, 3.63) is 53.7 Å². The van der Waals surface area contributed by atoms with Crippen molar-refractivity contribution in [2.24, 2.45) is 5.73 Å². The van der Waals surface area contributed by atoms with Crippen LogP contribution in [0.4, 0.5) is 11.4 Å². The summed E-state index contributed by atoms with van der Waals surface area (Å²) in [6.45, 7) is 1.70. The number of pyridine rings is 1. The number of halogens is 1. The molecule has 0 atom stereocenters. The van der Waals surface area contributed by atoms with Crippen LogP contribution in [0.3, 0.4) is 0 Å². The standard InChI is InChI=1S/C19H19N3O4S.ClH/c1-11-7-16-14(9-17(11)27(3,24)25)18(15(10-21-16)19(20)23)22-12-5-4-6-13(8-12)26-2;/h4-10H,1-3H3,(H2,20,23)(H,21,22);1H. The first-order valence-corrected chi connectivity index (χ1v) is 9.94. The summed E-state index contributed by atoms with van der Waals surface area (Å²) in [5.74, 6) is -0.0390. The van der Waals surface area contributed by atoms with Gasteiger partial charge in [0, 0.05) is 29.6 Å². The lowest BCUT2D eigenvalue weighted by atomic mass is 10.1. The van der Waals surface area contributed by atoms with Gasteiger partial charge in [-0.05, 0) is 36.8 Å². The first kappa shape index (κ1) is 21.5. The van der Waals surface area contributed by atoms with Crippen LogP contribution in [0.25, 0.3) is 10.9 Å². The van der Waals surface area contributed by atoms with Crippen molar-refractivity contribution in [2.75, 3.05) is 18.7 Å². The molecular formula is C19H20ClN3O4S. The number of aryl methyl sites for hydroxylation is 1. The number of nitrogens with two attached hydrogens (primary N) is 1. The van der Waals surface area contributed by atoms with Gasteiger partial charge in [-0.25, -0.2) is 8.42 Å². The van der Waals surface area contributed by atoms with Gasteiger partial charge in [-0.15, -0.1) is 12.4 Å². The molecule has 0 saturated heterocycles. The third-order valence-corrected chi connectivity index (χ3v) is 5.41. The maximum atomic E-state index is 12.1. The zero-order chi connectivity index (χ0) is 19.8. The van der Waals surface area contributed by atoms with Crippen LogP contribution in [0, 0.1) is 6.92 Å². The topological polar surface area (TPSA) is 111 Å². The van der Waals surface area contributed by atoms with E-state index in [0.29, 0.717) is 33.6 Å². The van der Waals surface area contributed by atoms with E-state index in [1.807, 2.05) is 0 Å². The minimum Gasteiger partial charge on any atom is -0.497 e. The summed E-state index contributed by atoms with van der Waals surface area (Å²) in [5.41, 5.74) is 7.85. The molecule has 0 spiro atoms. The molecule has 28 heavy (non-hydrogen) atoms. The quantitative estimate of drug-likeness (QED) is 0.654. The third-order valence-electron chi connectivity index (χ3n) is 4.17. The Morgan fingerprint density at radius 2 is 1.93 bits per heavy atom. The highest BCUT2D eigenvalue weighted by atomic mass is 35.5. The molecule has 0 bridgehead atoms. The lowest BCUT2D eigenvalue weighted by Crippen LogP contribution is -2.14. The maximum absolute atomic E-state index is 12.1. The molecule has 0 unspecified atom stereocenters. The Morgan fingerprint density at radius 3 is 2.54 bits per heavy atom. The van der Waals surface area contributed by atoms with Gasteiger partial charge in [0.25, 0.3) is 5.91 Å². The number of primary amides is 1. The average Bonchev–Trinajstić information content (AvgIpc) is 2.60. The van der Waals surface area contributed by atoms with Crippen molar-refractivity contribution in [3.63, 3.8) is 0 Å². The summed E-state index contributed by atoms with van der Waals surface area (Å²) in [5, 5.41) is 3.64. The minimum absolute atomic E-state index is 0. The predicted molar refractivity (Wildman–Crippen MR) is 112 cm³/mol. The van der Waals surface area contributed by atoms with E-state index in [-0.39, 0.29) is 22.9 Å². The molecule has 1 amide bonds. The van der Waals surface area contributed by atoms with Crippen LogP contribution in [-0.4, -0.2) is 32.7 Å². The number of hydrogen-bond acceptors (Lipinski definition) is 6. The first-order valence-electron chi connectivity index (χ1n) is 8.05. The molecule has 148 valence electrons. The smallest absolute Gasteiger partial charge is 0.252 e. The van der Waals surface area contributed by atoms with E-state index in [2.05, 4.69) is 10.3 Å². The number of carbonyl (C=O) groups excluding carboxylic acids is 1. The Kier molecular flexibility index (Phi) is 6.16. The summed E-state index contributed by atoms with van der Waals surface area (Å²) in [6, 6.07) is 10.3. The Morgan fingerprint density at radius 1 is 1.21 bits per heavy atom. The molecule has 0 aliphatic rings. The molecular weight excluding hydrogens is 402 g/mol. The number of amides is 1. The highest BCUT2D eigenvalue weighted by molar-refractivity contribution is 7.90. The number of rotatable bonds is 5. The third kappa shape index (κ3) is 4.18. The van der Waals surface area contributed by atoms with E-state index in [1.165, 1.54) is 12.3 Å². The first-order chi connectivity index (χ1) is 12.7. The van der Waals surface area contributed by atoms with Crippen molar-refractivity contribution in [3.8, 4) is 5.75 Å². The Balaban J connectivity index is 0.00000280. The van der Waals surface area contributed by atoms with Crippen molar-refractivity contribution < 1.29 is 17.9 Å². The minimum atomic E-state index is -3.45. The number of fused-ring (bicyclic) bond motifs is 1. The molecule has 2 aromatic carbocycles. The summed E-state index contributed by atoms with van der Waals surface area (Å²) < 4.78 is 29.5. The fourth-order valence-electron chi connectivity index (χ4n) is 2.89. The Labute approximate surface area is 169 Å². The largest absolute Gasteiger partial charge is 0.497 e. The molecule has 0 fully saturated rings. The molecule has 3 rings (SSSR count). The summed E-state index contributed by atoms with van der Waals surface area (Å²) in [4.78, 5) is 16.4.